The van der Waals surface area contributed by atoms with Crippen molar-refractivity contribution < 1.29 is 23.7 Å². The third kappa shape index (κ3) is 8.60. The number of rotatable bonds is 8. The van der Waals surface area contributed by atoms with Crippen LogP contribution in [0, 0.1) is 0 Å². The van der Waals surface area contributed by atoms with Gasteiger partial charge in [0.15, 0.2) is 0 Å². The number of allylic oxidation sites excluding steroid dienone is 3. The monoisotopic (exact) mass is 403 g/mol. The highest BCUT2D eigenvalue weighted by Crippen LogP contribution is 2.21. The fourth-order valence-electron chi connectivity index (χ4n) is 2.92. The van der Waals surface area contributed by atoms with E-state index in [0.29, 0.717) is 32.1 Å². The predicted octanol–water partition coefficient (Wildman–Crippen LogP) is 4.95. The molecule has 1 saturated heterocycles. The Kier molecular flexibility index (Phi) is 8.58. The number of likely N-dealkylation sites (tertiary alicyclic amines) is 1. The molecule has 2 rings (SSSR count). The highest BCUT2D eigenvalue weighted by Gasteiger charge is 2.27. The van der Waals surface area contributed by atoms with E-state index in [2.05, 4.69) is 6.58 Å². The molecular weight excluding hydrogens is 370 g/mol. The fourth-order valence-corrected chi connectivity index (χ4v) is 2.92. The lowest BCUT2D eigenvalue weighted by molar-refractivity contribution is -0.0177. The second-order valence-corrected chi connectivity index (χ2v) is 7.98. The molecule has 1 aliphatic rings. The van der Waals surface area contributed by atoms with Crippen LogP contribution in [0.25, 0.3) is 0 Å². The van der Waals surface area contributed by atoms with Crippen LogP contribution >= 0.6 is 0 Å². The maximum absolute atomic E-state index is 12.1. The molecule has 1 aliphatic heterocycles. The molecule has 0 radical (unpaired) electrons. The fraction of sp³-hybridized carbons (Fsp3) is 0.522. The topological polar surface area (TPSA) is 57.2 Å². The summed E-state index contributed by atoms with van der Waals surface area (Å²) in [5.41, 5.74) is -0.468. The van der Waals surface area contributed by atoms with Gasteiger partial charge in [0.2, 0.25) is 0 Å². The molecule has 1 aromatic rings. The predicted molar refractivity (Wildman–Crippen MR) is 113 cm³/mol. The van der Waals surface area contributed by atoms with Gasteiger partial charge >= 0.3 is 6.09 Å². The third-order valence-corrected chi connectivity index (χ3v) is 4.24. The van der Waals surface area contributed by atoms with Crippen LogP contribution < -0.4 is 9.47 Å². The second-order valence-electron chi connectivity index (χ2n) is 7.98. The molecule has 29 heavy (non-hydrogen) atoms. The van der Waals surface area contributed by atoms with Gasteiger partial charge in [-0.2, -0.15) is 0 Å². The number of hydrogen-bond acceptors (Lipinski definition) is 5. The van der Waals surface area contributed by atoms with Crippen molar-refractivity contribution in [3.05, 3.63) is 48.8 Å². The van der Waals surface area contributed by atoms with Crippen molar-refractivity contribution in [2.45, 2.75) is 52.2 Å². The van der Waals surface area contributed by atoms with E-state index in [1.807, 2.05) is 52.0 Å². The summed E-state index contributed by atoms with van der Waals surface area (Å²) in [5.74, 6) is 2.21. The number of nitrogens with zero attached hydrogens (tertiary/aromatic N) is 1. The first-order valence-electron chi connectivity index (χ1n) is 10.1. The van der Waals surface area contributed by atoms with Crippen LogP contribution in [0.15, 0.2) is 48.8 Å². The summed E-state index contributed by atoms with van der Waals surface area (Å²) >= 11 is 0. The number of carbonyl (C=O) groups is 1. The minimum atomic E-state index is -0.468. The zero-order valence-corrected chi connectivity index (χ0v) is 18.0. The molecule has 6 nitrogen and oxygen atoms in total. The van der Waals surface area contributed by atoms with E-state index in [0.717, 1.165) is 24.4 Å². The molecule has 0 atom stereocenters. The van der Waals surface area contributed by atoms with Crippen LogP contribution in [-0.2, 0) is 9.47 Å². The molecule has 0 aromatic heterocycles. The van der Waals surface area contributed by atoms with Crippen LogP contribution in [0.1, 0.15) is 40.5 Å². The van der Waals surface area contributed by atoms with Crippen molar-refractivity contribution in [3.63, 3.8) is 0 Å². The standard InChI is InChI=1S/C23H33NO5/c1-6-8-18(2)28-21-10-7-9-20(17-21)27-16-15-26-19-11-13-24(14-12-19)22(25)29-23(3,4)5/h6-10,17,19H,1,11-16H2,2-5H3/b18-8+. The molecule has 0 aliphatic carbocycles. The smallest absolute Gasteiger partial charge is 0.410 e. The minimum absolute atomic E-state index is 0.138. The van der Waals surface area contributed by atoms with E-state index < -0.39 is 5.60 Å². The maximum atomic E-state index is 12.1. The third-order valence-electron chi connectivity index (χ3n) is 4.24. The lowest BCUT2D eigenvalue weighted by atomic mass is 10.1. The maximum Gasteiger partial charge on any atom is 0.410 e. The minimum Gasteiger partial charge on any atom is -0.491 e. The summed E-state index contributed by atoms with van der Waals surface area (Å²) in [7, 11) is 0. The molecule has 1 aromatic carbocycles. The largest absolute Gasteiger partial charge is 0.491 e. The molecule has 6 heteroatoms. The van der Waals surface area contributed by atoms with Gasteiger partial charge in [-0.25, -0.2) is 4.79 Å². The Morgan fingerprint density at radius 2 is 1.90 bits per heavy atom. The van der Waals surface area contributed by atoms with Crippen molar-refractivity contribution >= 4 is 6.09 Å². The summed E-state index contributed by atoms with van der Waals surface area (Å²) < 4.78 is 22.8. The number of benzene rings is 1. The first-order valence-corrected chi connectivity index (χ1v) is 10.1. The van der Waals surface area contributed by atoms with Gasteiger partial charge in [0.05, 0.1) is 12.7 Å². The quantitative estimate of drug-likeness (QED) is 0.349. The lowest BCUT2D eigenvalue weighted by Crippen LogP contribution is -2.43. The van der Waals surface area contributed by atoms with E-state index in [9.17, 15) is 4.79 Å². The number of hydrogen-bond donors (Lipinski definition) is 0. The highest BCUT2D eigenvalue weighted by molar-refractivity contribution is 5.68. The van der Waals surface area contributed by atoms with Gasteiger partial charge in [0.1, 0.15) is 29.5 Å². The number of carbonyl (C=O) groups excluding carboxylic acids is 1. The zero-order chi connectivity index (χ0) is 21.3. The number of piperidine rings is 1. The molecule has 0 spiro atoms. The number of amides is 1. The normalized spacial score (nSPS) is 15.7. The Balaban J connectivity index is 1.67. The lowest BCUT2D eigenvalue weighted by Gasteiger charge is -2.33. The molecule has 0 unspecified atom stereocenters. The average Bonchev–Trinajstić information content (AvgIpc) is 2.65. The van der Waals surface area contributed by atoms with Crippen molar-refractivity contribution in [2.75, 3.05) is 26.3 Å². The summed E-state index contributed by atoms with van der Waals surface area (Å²) in [6.07, 6.45) is 4.98. The van der Waals surface area contributed by atoms with E-state index in [1.165, 1.54) is 0 Å². The molecule has 0 N–H and O–H groups in total. The van der Waals surface area contributed by atoms with Crippen LogP contribution in [0.4, 0.5) is 4.79 Å². The van der Waals surface area contributed by atoms with Crippen LogP contribution in [0.2, 0.25) is 0 Å². The van der Waals surface area contributed by atoms with E-state index >= 15 is 0 Å². The van der Waals surface area contributed by atoms with Gasteiger partial charge in [-0.15, -0.1) is 0 Å². The van der Waals surface area contributed by atoms with Crippen molar-refractivity contribution in [1.29, 1.82) is 0 Å². The zero-order valence-electron chi connectivity index (χ0n) is 18.0. The van der Waals surface area contributed by atoms with E-state index in [4.69, 9.17) is 18.9 Å². The van der Waals surface area contributed by atoms with Crippen LogP contribution in [-0.4, -0.2) is 49.0 Å². The highest BCUT2D eigenvalue weighted by atomic mass is 16.6. The van der Waals surface area contributed by atoms with Gasteiger partial charge in [-0.05, 0) is 58.7 Å². The Bertz CT molecular complexity index is 699. The molecule has 160 valence electrons. The molecule has 1 fully saturated rings. The second kappa shape index (κ2) is 10.9. The van der Waals surface area contributed by atoms with E-state index in [1.54, 1.807) is 17.1 Å². The molecule has 1 heterocycles. The summed E-state index contributed by atoms with van der Waals surface area (Å²) in [5, 5.41) is 0. The van der Waals surface area contributed by atoms with E-state index in [-0.39, 0.29) is 12.2 Å². The van der Waals surface area contributed by atoms with Crippen molar-refractivity contribution in [3.8, 4) is 11.5 Å². The Labute approximate surface area is 174 Å². The Morgan fingerprint density at radius 3 is 2.55 bits per heavy atom. The molecule has 0 saturated carbocycles. The number of ether oxygens (including phenoxy) is 4. The Hall–Kier alpha value is -2.47. The molecule has 0 bridgehead atoms. The van der Waals surface area contributed by atoms with Crippen molar-refractivity contribution in [1.82, 2.24) is 4.90 Å². The van der Waals surface area contributed by atoms with Gasteiger partial charge in [-0.1, -0.05) is 18.7 Å². The molecular formula is C23H33NO5. The van der Waals surface area contributed by atoms with Crippen LogP contribution in [0.3, 0.4) is 0 Å². The first kappa shape index (κ1) is 22.8. The molecule has 1 amide bonds. The Morgan fingerprint density at radius 1 is 1.21 bits per heavy atom. The van der Waals surface area contributed by atoms with Gasteiger partial charge in [0, 0.05) is 19.2 Å². The van der Waals surface area contributed by atoms with Gasteiger partial charge in [0.25, 0.3) is 0 Å². The van der Waals surface area contributed by atoms with Gasteiger partial charge in [-0.3, -0.25) is 0 Å². The van der Waals surface area contributed by atoms with Crippen LogP contribution in [0.5, 0.6) is 11.5 Å². The SMILES string of the molecule is C=C/C=C(\C)Oc1cccc(OCCOC2CCN(C(=O)OC(C)(C)C)CC2)c1. The van der Waals surface area contributed by atoms with Crippen molar-refractivity contribution in [2.24, 2.45) is 0 Å². The van der Waals surface area contributed by atoms with Gasteiger partial charge < -0.3 is 23.8 Å². The summed E-state index contributed by atoms with van der Waals surface area (Å²) in [6.45, 7) is 13.4. The summed E-state index contributed by atoms with van der Waals surface area (Å²) in [6, 6.07) is 7.50. The first-order chi connectivity index (χ1) is 13.8. The summed E-state index contributed by atoms with van der Waals surface area (Å²) in [4.78, 5) is 13.8. The average molecular weight is 404 g/mol.